The summed E-state index contributed by atoms with van der Waals surface area (Å²) in [4.78, 5) is 5.34. The van der Waals surface area contributed by atoms with Crippen molar-refractivity contribution in [2.24, 2.45) is 0 Å². The summed E-state index contributed by atoms with van der Waals surface area (Å²) in [5.41, 5.74) is 1.50. The van der Waals surface area contributed by atoms with E-state index in [1.54, 1.807) is 26.8 Å². The Kier molecular flexibility index (Phi) is 4.85. The second kappa shape index (κ2) is 5.78. The first-order chi connectivity index (χ1) is 8.24. The normalized spacial score (nSPS) is 12.0. The van der Waals surface area contributed by atoms with Crippen LogP contribution in [0.4, 0.5) is 19.0 Å². The van der Waals surface area contributed by atoms with E-state index in [0.717, 1.165) is 5.56 Å². The zero-order valence-electron chi connectivity index (χ0n) is 10.6. The van der Waals surface area contributed by atoms with Crippen molar-refractivity contribution in [3.8, 4) is 0 Å². The number of aryl methyl sites for hydroxylation is 1. The summed E-state index contributed by atoms with van der Waals surface area (Å²) in [5.74, 6) is 0.658. The second-order valence-electron chi connectivity index (χ2n) is 4.45. The smallest absolute Gasteiger partial charge is 0.345 e. The number of anilines is 1. The van der Waals surface area contributed by atoms with Crippen molar-refractivity contribution in [1.82, 2.24) is 4.98 Å². The van der Waals surface area contributed by atoms with Crippen LogP contribution in [0.2, 0.25) is 0 Å². The van der Waals surface area contributed by atoms with Crippen LogP contribution in [-0.2, 0) is 5.88 Å². The fraction of sp³-hybridized carbons (Fsp3) is 0.583. The molecule has 0 saturated carbocycles. The second-order valence-corrected chi connectivity index (χ2v) is 4.72. The van der Waals surface area contributed by atoms with Gasteiger partial charge in [-0.15, -0.1) is 11.6 Å². The van der Waals surface area contributed by atoms with E-state index in [4.69, 9.17) is 11.6 Å². The van der Waals surface area contributed by atoms with E-state index in [0.29, 0.717) is 17.3 Å². The SMILES string of the molecule is Cc1cc(CCl)cnc1N(CC(F)(F)F)C(C)C. The quantitative estimate of drug-likeness (QED) is 0.778. The molecule has 18 heavy (non-hydrogen) atoms. The van der Waals surface area contributed by atoms with Crippen LogP contribution in [0.1, 0.15) is 25.0 Å². The lowest BCUT2D eigenvalue weighted by Crippen LogP contribution is -2.40. The van der Waals surface area contributed by atoms with Gasteiger partial charge in [0.15, 0.2) is 0 Å². The molecule has 0 spiro atoms. The van der Waals surface area contributed by atoms with Gasteiger partial charge in [0.1, 0.15) is 12.4 Å². The summed E-state index contributed by atoms with van der Waals surface area (Å²) in [6, 6.07) is 1.49. The molecule has 0 aliphatic carbocycles. The van der Waals surface area contributed by atoms with Gasteiger partial charge < -0.3 is 4.90 Å². The molecule has 0 aliphatic heterocycles. The molecule has 0 bridgehead atoms. The molecule has 0 aliphatic rings. The van der Waals surface area contributed by atoms with E-state index < -0.39 is 12.7 Å². The monoisotopic (exact) mass is 280 g/mol. The lowest BCUT2D eigenvalue weighted by molar-refractivity contribution is -0.120. The van der Waals surface area contributed by atoms with Crippen LogP contribution in [0.3, 0.4) is 0 Å². The molecule has 0 atom stereocenters. The molecule has 0 radical (unpaired) electrons. The van der Waals surface area contributed by atoms with Gasteiger partial charge in [-0.25, -0.2) is 4.98 Å². The summed E-state index contributed by atoms with van der Waals surface area (Å²) in [5, 5.41) is 0. The van der Waals surface area contributed by atoms with Gasteiger partial charge in [0.2, 0.25) is 0 Å². The van der Waals surface area contributed by atoms with Crippen LogP contribution >= 0.6 is 11.6 Å². The fourth-order valence-electron chi connectivity index (χ4n) is 1.69. The Hall–Kier alpha value is -0.970. The van der Waals surface area contributed by atoms with Crippen LogP contribution in [0.5, 0.6) is 0 Å². The molecule has 0 N–H and O–H groups in total. The first-order valence-electron chi connectivity index (χ1n) is 5.59. The average molecular weight is 281 g/mol. The maximum absolute atomic E-state index is 12.5. The van der Waals surface area contributed by atoms with Crippen LogP contribution in [0.25, 0.3) is 0 Å². The number of alkyl halides is 4. The largest absolute Gasteiger partial charge is 0.405 e. The fourth-order valence-corrected chi connectivity index (χ4v) is 1.84. The van der Waals surface area contributed by atoms with Crippen molar-refractivity contribution in [2.75, 3.05) is 11.4 Å². The predicted octanol–water partition coefficient (Wildman–Crippen LogP) is 3.91. The average Bonchev–Trinajstić information content (AvgIpc) is 2.24. The predicted molar refractivity (Wildman–Crippen MR) is 67.1 cm³/mol. The Bertz CT molecular complexity index is 405. The summed E-state index contributed by atoms with van der Waals surface area (Å²) in [6.07, 6.45) is -2.73. The number of aromatic nitrogens is 1. The molecule has 0 saturated heterocycles. The lowest BCUT2D eigenvalue weighted by Gasteiger charge is -2.30. The Labute approximate surface area is 110 Å². The Morgan fingerprint density at radius 2 is 2.00 bits per heavy atom. The minimum Gasteiger partial charge on any atom is -0.345 e. The summed E-state index contributed by atoms with van der Waals surface area (Å²) < 4.78 is 37.6. The summed E-state index contributed by atoms with van der Waals surface area (Å²) >= 11 is 5.67. The topological polar surface area (TPSA) is 16.1 Å². The molecule has 1 aromatic heterocycles. The maximum Gasteiger partial charge on any atom is 0.405 e. The first-order valence-corrected chi connectivity index (χ1v) is 6.13. The number of rotatable bonds is 4. The van der Waals surface area contributed by atoms with Crippen molar-refractivity contribution in [3.63, 3.8) is 0 Å². The van der Waals surface area contributed by atoms with Gasteiger partial charge in [-0.1, -0.05) is 0 Å². The van der Waals surface area contributed by atoms with Crippen molar-refractivity contribution in [2.45, 2.75) is 38.9 Å². The standard InChI is InChI=1S/C12H16ClF3N2/c1-8(2)18(7-12(14,15)16)11-9(3)4-10(5-13)6-17-11/h4,6,8H,5,7H2,1-3H3. The van der Waals surface area contributed by atoms with E-state index in [-0.39, 0.29) is 6.04 Å². The highest BCUT2D eigenvalue weighted by molar-refractivity contribution is 6.17. The number of nitrogens with zero attached hydrogens (tertiary/aromatic N) is 2. The first kappa shape index (κ1) is 15.1. The highest BCUT2D eigenvalue weighted by atomic mass is 35.5. The third-order valence-corrected chi connectivity index (χ3v) is 2.82. The number of hydrogen-bond acceptors (Lipinski definition) is 2. The molecule has 0 unspecified atom stereocenters. The molecule has 102 valence electrons. The molecule has 0 aromatic carbocycles. The molecule has 0 amide bonds. The highest BCUT2D eigenvalue weighted by Crippen LogP contribution is 2.25. The summed E-state index contributed by atoms with van der Waals surface area (Å²) in [7, 11) is 0. The van der Waals surface area contributed by atoms with E-state index in [1.165, 1.54) is 11.1 Å². The van der Waals surface area contributed by atoms with E-state index >= 15 is 0 Å². The van der Waals surface area contributed by atoms with E-state index in [2.05, 4.69) is 4.98 Å². The third kappa shape index (κ3) is 4.05. The molecule has 2 nitrogen and oxygen atoms in total. The van der Waals surface area contributed by atoms with E-state index in [1.807, 2.05) is 0 Å². The minimum atomic E-state index is -4.25. The number of pyridine rings is 1. The lowest BCUT2D eigenvalue weighted by atomic mass is 10.2. The van der Waals surface area contributed by atoms with Gasteiger partial charge in [-0.2, -0.15) is 13.2 Å². The maximum atomic E-state index is 12.5. The van der Waals surface area contributed by atoms with Crippen LogP contribution in [-0.4, -0.2) is 23.7 Å². The van der Waals surface area contributed by atoms with Crippen LogP contribution in [0, 0.1) is 6.92 Å². The van der Waals surface area contributed by atoms with Crippen molar-refractivity contribution in [3.05, 3.63) is 23.4 Å². The molecular weight excluding hydrogens is 265 g/mol. The molecule has 1 rings (SSSR count). The van der Waals surface area contributed by atoms with Crippen LogP contribution < -0.4 is 4.90 Å². The molecule has 0 fully saturated rings. The van der Waals surface area contributed by atoms with Gasteiger partial charge in [0.05, 0.1) is 0 Å². The highest BCUT2D eigenvalue weighted by Gasteiger charge is 2.33. The molecular formula is C12H16ClF3N2. The van der Waals surface area contributed by atoms with Crippen molar-refractivity contribution in [1.29, 1.82) is 0 Å². The number of hydrogen-bond donors (Lipinski definition) is 0. The van der Waals surface area contributed by atoms with Gasteiger partial charge in [0, 0.05) is 18.1 Å². The molecule has 1 heterocycles. The zero-order chi connectivity index (χ0) is 13.9. The third-order valence-electron chi connectivity index (χ3n) is 2.51. The molecule has 1 aromatic rings. The van der Waals surface area contributed by atoms with Gasteiger partial charge in [-0.3, -0.25) is 0 Å². The Balaban J connectivity index is 3.06. The minimum absolute atomic E-state index is 0.278. The van der Waals surface area contributed by atoms with Gasteiger partial charge in [0.25, 0.3) is 0 Å². The zero-order valence-corrected chi connectivity index (χ0v) is 11.3. The Morgan fingerprint density at radius 3 is 2.39 bits per heavy atom. The van der Waals surface area contributed by atoms with Crippen LogP contribution in [0.15, 0.2) is 12.3 Å². The molecule has 6 heteroatoms. The van der Waals surface area contributed by atoms with Crippen molar-refractivity contribution < 1.29 is 13.2 Å². The number of halogens is 4. The Morgan fingerprint density at radius 1 is 1.39 bits per heavy atom. The summed E-state index contributed by atoms with van der Waals surface area (Å²) in [6.45, 7) is 4.16. The van der Waals surface area contributed by atoms with Gasteiger partial charge >= 0.3 is 6.18 Å². The van der Waals surface area contributed by atoms with Crippen molar-refractivity contribution >= 4 is 17.4 Å². The van der Waals surface area contributed by atoms with E-state index in [9.17, 15) is 13.2 Å². The van der Waals surface area contributed by atoms with Gasteiger partial charge in [-0.05, 0) is 38.0 Å².